The molecule has 8 atom stereocenters. The molecule has 15 heteroatoms. The summed E-state index contributed by atoms with van der Waals surface area (Å²) in [7, 11) is 3.07. The van der Waals surface area contributed by atoms with Gasteiger partial charge in [0.05, 0.1) is 24.0 Å². The number of nitrogens with zero attached hydrogens (tertiary/aromatic N) is 2. The first-order chi connectivity index (χ1) is 26.9. The molecule has 57 heavy (non-hydrogen) atoms. The summed E-state index contributed by atoms with van der Waals surface area (Å²) in [6.07, 6.45) is 7.17. The molecule has 1 aromatic carbocycles. The average molecular weight is 794 g/mol. The minimum absolute atomic E-state index is 0.00763. The van der Waals surface area contributed by atoms with Crippen LogP contribution in [0.4, 0.5) is 0 Å². The lowest BCUT2D eigenvalue weighted by Crippen LogP contribution is -2.54. The third-order valence-electron chi connectivity index (χ3n) is 10.5. The SMILES string of the molecule is CC=C1C(=O)NC(C)C(C)C(=O)NC(CCCN=C(N)N)C(=O)NC(C=CC(C)=CC(C)C(Cc2ccccc2)OC)C(C)C(=O)CC(C(=O)O)CCC(=O)N1C. The van der Waals surface area contributed by atoms with Crippen LogP contribution in [0.5, 0.6) is 0 Å². The van der Waals surface area contributed by atoms with E-state index < -0.39 is 77.7 Å². The van der Waals surface area contributed by atoms with Gasteiger partial charge in [-0.25, -0.2) is 0 Å². The Morgan fingerprint density at radius 1 is 1.04 bits per heavy atom. The summed E-state index contributed by atoms with van der Waals surface area (Å²) >= 11 is 0. The minimum Gasteiger partial charge on any atom is -0.481 e. The molecule has 1 aliphatic rings. The van der Waals surface area contributed by atoms with Gasteiger partial charge in [0.25, 0.3) is 5.91 Å². The second-order valence-electron chi connectivity index (χ2n) is 14.8. The number of hydrogen-bond donors (Lipinski definition) is 6. The molecule has 1 aliphatic heterocycles. The Labute approximate surface area is 336 Å². The van der Waals surface area contributed by atoms with E-state index >= 15 is 0 Å². The molecule has 1 fully saturated rings. The number of rotatable bonds is 12. The smallest absolute Gasteiger partial charge is 0.306 e. The van der Waals surface area contributed by atoms with E-state index in [0.717, 1.165) is 16.0 Å². The van der Waals surface area contributed by atoms with Gasteiger partial charge in [-0.3, -0.25) is 33.8 Å². The number of aliphatic carboxylic acids is 1. The number of methoxy groups -OCH3 is 1. The van der Waals surface area contributed by atoms with Crippen LogP contribution in [0, 0.1) is 23.7 Å². The van der Waals surface area contributed by atoms with Crippen molar-refractivity contribution in [3.63, 3.8) is 0 Å². The zero-order valence-corrected chi connectivity index (χ0v) is 34.6. The zero-order valence-electron chi connectivity index (χ0n) is 34.6. The van der Waals surface area contributed by atoms with Crippen LogP contribution in [-0.2, 0) is 39.9 Å². The molecule has 8 unspecified atom stereocenters. The van der Waals surface area contributed by atoms with Gasteiger partial charge in [-0.15, -0.1) is 0 Å². The Hall–Kier alpha value is -5.31. The number of likely N-dealkylation sites (N-methyl/N-ethyl adjacent to an activating group) is 1. The van der Waals surface area contributed by atoms with E-state index in [-0.39, 0.29) is 49.5 Å². The number of carbonyl (C=O) groups excluding carboxylic acids is 5. The van der Waals surface area contributed by atoms with Crippen molar-refractivity contribution in [2.45, 2.75) is 104 Å². The van der Waals surface area contributed by atoms with Gasteiger partial charge in [-0.1, -0.05) is 81.0 Å². The maximum atomic E-state index is 14.1. The van der Waals surface area contributed by atoms with E-state index in [1.54, 1.807) is 47.0 Å². The monoisotopic (exact) mass is 793 g/mol. The maximum Gasteiger partial charge on any atom is 0.306 e. The molecule has 0 saturated carbocycles. The summed E-state index contributed by atoms with van der Waals surface area (Å²) in [6.45, 7) is 10.5. The Morgan fingerprint density at radius 3 is 2.30 bits per heavy atom. The number of hydrogen-bond acceptors (Lipinski definition) is 8. The van der Waals surface area contributed by atoms with Crippen LogP contribution in [0.2, 0.25) is 0 Å². The summed E-state index contributed by atoms with van der Waals surface area (Å²) in [5.41, 5.74) is 13.0. The number of allylic oxidation sites excluding steroid dienone is 3. The topological polar surface area (TPSA) is 236 Å². The summed E-state index contributed by atoms with van der Waals surface area (Å²) in [5, 5.41) is 18.6. The summed E-state index contributed by atoms with van der Waals surface area (Å²) < 4.78 is 5.82. The van der Waals surface area contributed by atoms with Crippen LogP contribution >= 0.6 is 0 Å². The Morgan fingerprint density at radius 2 is 1.70 bits per heavy atom. The van der Waals surface area contributed by atoms with Gasteiger partial charge in [-0.2, -0.15) is 0 Å². The second kappa shape index (κ2) is 23.7. The zero-order chi connectivity index (χ0) is 42.8. The molecule has 2 rings (SSSR count). The molecular formula is C42H63N7O8. The van der Waals surface area contributed by atoms with Crippen molar-refractivity contribution in [2.24, 2.45) is 40.1 Å². The number of benzene rings is 1. The molecule has 15 nitrogen and oxygen atoms in total. The van der Waals surface area contributed by atoms with Crippen LogP contribution in [0.3, 0.4) is 0 Å². The van der Waals surface area contributed by atoms with Crippen molar-refractivity contribution >= 4 is 41.3 Å². The van der Waals surface area contributed by atoms with Gasteiger partial charge in [-0.05, 0) is 52.0 Å². The molecule has 1 aromatic rings. The number of nitrogens with one attached hydrogen (secondary N) is 3. The molecule has 1 saturated heterocycles. The number of ether oxygens (including phenoxy) is 1. The normalized spacial score (nSPS) is 25.8. The molecule has 1 heterocycles. The quantitative estimate of drug-likeness (QED) is 0.0595. The highest BCUT2D eigenvalue weighted by Crippen LogP contribution is 2.22. The molecular weight excluding hydrogens is 731 g/mol. The second-order valence-corrected chi connectivity index (χ2v) is 14.8. The highest BCUT2D eigenvalue weighted by Gasteiger charge is 2.33. The first-order valence-corrected chi connectivity index (χ1v) is 19.5. The first-order valence-electron chi connectivity index (χ1n) is 19.5. The molecule has 0 bridgehead atoms. The van der Waals surface area contributed by atoms with E-state index in [9.17, 15) is 33.9 Å². The summed E-state index contributed by atoms with van der Waals surface area (Å²) in [6, 6.07) is 7.26. The van der Waals surface area contributed by atoms with Crippen molar-refractivity contribution < 1.29 is 38.6 Å². The van der Waals surface area contributed by atoms with Crippen molar-refractivity contribution in [2.75, 3.05) is 20.7 Å². The number of nitrogens with two attached hydrogens (primary N) is 2. The van der Waals surface area contributed by atoms with Crippen LogP contribution in [0.1, 0.15) is 79.2 Å². The average Bonchev–Trinajstić information content (AvgIpc) is 3.16. The molecule has 0 aliphatic carbocycles. The predicted molar refractivity (Wildman–Crippen MR) is 219 cm³/mol. The molecule has 0 radical (unpaired) electrons. The van der Waals surface area contributed by atoms with Crippen molar-refractivity contribution in [3.05, 3.63) is 71.5 Å². The number of ketones is 1. The Kier molecular flexibility index (Phi) is 19.9. The standard InChI is InChI=1S/C42H63N7O8/c1-9-34-40(54)46-29(6)27(4)38(52)48-33(16-13-21-45-42(43)44)39(53)47-32(28(5)35(50)24-31(41(55)56)18-20-37(51)49(34)7)19-17-25(2)22-26(3)36(57-8)23-30-14-11-10-12-15-30/h9-12,14-15,17,19,22,26-29,31-33,36H,13,16,18,20-21,23-24H2,1-8H3,(H,46,54)(H,47,53)(H,48,52)(H,55,56)(H4,43,44,45). The number of aliphatic imine (C=N–C) groups is 1. The third kappa shape index (κ3) is 15.6. The fourth-order valence-corrected chi connectivity index (χ4v) is 6.49. The lowest BCUT2D eigenvalue weighted by molar-refractivity contribution is -0.145. The van der Waals surface area contributed by atoms with Crippen molar-refractivity contribution in [3.8, 4) is 0 Å². The van der Waals surface area contributed by atoms with E-state index in [1.807, 2.05) is 50.3 Å². The molecule has 0 aromatic heterocycles. The molecule has 0 spiro atoms. The van der Waals surface area contributed by atoms with Crippen LogP contribution < -0.4 is 27.4 Å². The first kappa shape index (κ1) is 47.8. The van der Waals surface area contributed by atoms with Crippen LogP contribution in [-0.4, -0.2) is 96.3 Å². The van der Waals surface area contributed by atoms with Gasteiger partial charge in [0, 0.05) is 51.4 Å². The fraction of sp³-hybridized carbons (Fsp3) is 0.548. The van der Waals surface area contributed by atoms with Gasteiger partial charge < -0.3 is 42.2 Å². The van der Waals surface area contributed by atoms with Gasteiger partial charge in [0.2, 0.25) is 17.7 Å². The van der Waals surface area contributed by atoms with Crippen molar-refractivity contribution in [1.29, 1.82) is 0 Å². The number of Topliss-reactive ketones (excluding diaryl/α,β-unsaturated/α-hetero) is 1. The van der Waals surface area contributed by atoms with Crippen molar-refractivity contribution in [1.82, 2.24) is 20.9 Å². The van der Waals surface area contributed by atoms with Crippen LogP contribution in [0.25, 0.3) is 0 Å². The van der Waals surface area contributed by atoms with E-state index in [1.165, 1.54) is 13.1 Å². The Balaban J connectivity index is 2.57. The number of carboxylic acids is 1. The van der Waals surface area contributed by atoms with Crippen LogP contribution in [0.15, 0.2) is 70.9 Å². The number of carbonyl (C=O) groups is 6. The maximum absolute atomic E-state index is 14.1. The van der Waals surface area contributed by atoms with Gasteiger partial charge >= 0.3 is 5.97 Å². The Bertz CT molecular complexity index is 1670. The van der Waals surface area contributed by atoms with Gasteiger partial charge in [0.15, 0.2) is 5.96 Å². The third-order valence-corrected chi connectivity index (χ3v) is 10.5. The highest BCUT2D eigenvalue weighted by molar-refractivity contribution is 5.98. The van der Waals surface area contributed by atoms with E-state index in [2.05, 4.69) is 20.9 Å². The number of amides is 4. The largest absolute Gasteiger partial charge is 0.481 e. The molecule has 314 valence electrons. The van der Waals surface area contributed by atoms with Gasteiger partial charge in [0.1, 0.15) is 17.5 Å². The number of guanidine groups is 1. The van der Waals surface area contributed by atoms with E-state index in [0.29, 0.717) is 12.8 Å². The summed E-state index contributed by atoms with van der Waals surface area (Å²) in [5.74, 6) is -7.00. The fourth-order valence-electron chi connectivity index (χ4n) is 6.49. The lowest BCUT2D eigenvalue weighted by Gasteiger charge is -2.28. The molecule has 4 amide bonds. The minimum atomic E-state index is -1.25. The van der Waals surface area contributed by atoms with E-state index in [4.69, 9.17) is 16.2 Å². The highest BCUT2D eigenvalue weighted by atomic mass is 16.5. The summed E-state index contributed by atoms with van der Waals surface area (Å²) in [4.78, 5) is 85.5. The predicted octanol–water partition coefficient (Wildman–Crippen LogP) is 3.00. The lowest BCUT2D eigenvalue weighted by atomic mass is 9.87. The molecule has 8 N–H and O–H groups in total. The number of carboxylic acid groups (broad SMARTS) is 1.